The van der Waals surface area contributed by atoms with Gasteiger partial charge in [-0.1, -0.05) is 50.1 Å². The Morgan fingerprint density at radius 1 is 1.00 bits per heavy atom. The van der Waals surface area contributed by atoms with E-state index in [1.165, 1.54) is 0 Å². The molecule has 0 fully saturated rings. The Morgan fingerprint density at radius 3 is 2.47 bits per heavy atom. The summed E-state index contributed by atoms with van der Waals surface area (Å²) < 4.78 is 5.76. The molecule has 0 heterocycles. The number of para-hydroxylation sites is 1. The van der Waals surface area contributed by atoms with Gasteiger partial charge in [0, 0.05) is 0 Å². The van der Waals surface area contributed by atoms with Crippen LogP contribution in [0.2, 0.25) is 0 Å². The van der Waals surface area contributed by atoms with Crippen molar-refractivity contribution in [1.29, 1.82) is 0 Å². The molecule has 0 radical (unpaired) electrons. The third-order valence-electron chi connectivity index (χ3n) is 3.05. The fourth-order valence-electron chi connectivity index (χ4n) is 1.97. The lowest BCUT2D eigenvalue weighted by Crippen LogP contribution is -1.97. The van der Waals surface area contributed by atoms with Gasteiger partial charge in [-0.15, -0.1) is 0 Å². The molecule has 1 N–H and O–H groups in total. The molecular weight excluding hydrogens is 236 g/mol. The fourth-order valence-corrected chi connectivity index (χ4v) is 1.97. The van der Waals surface area contributed by atoms with Crippen molar-refractivity contribution in [3.63, 3.8) is 0 Å². The zero-order valence-corrected chi connectivity index (χ0v) is 11.3. The van der Waals surface area contributed by atoms with Gasteiger partial charge in [0.2, 0.25) is 0 Å². The average molecular weight is 256 g/mol. The van der Waals surface area contributed by atoms with Crippen LogP contribution < -0.4 is 4.74 Å². The number of hydrogen-bond donors (Lipinski definition) is 1. The van der Waals surface area contributed by atoms with Crippen molar-refractivity contribution in [3.05, 3.63) is 60.2 Å². The van der Waals surface area contributed by atoms with Crippen molar-refractivity contribution in [2.45, 2.75) is 32.3 Å². The molecule has 0 bridgehead atoms. The van der Waals surface area contributed by atoms with E-state index in [1.807, 2.05) is 54.6 Å². The summed E-state index contributed by atoms with van der Waals surface area (Å²) in [5.41, 5.74) is 0.918. The van der Waals surface area contributed by atoms with Gasteiger partial charge in [0.15, 0.2) is 0 Å². The standard InChI is InChI=1S/C17H20O2/c1-2-3-12-17(18)14-8-7-11-16(13-14)19-15-9-5-4-6-10-15/h4-11,13,17-18H,2-3,12H2,1H3. The first-order valence-corrected chi connectivity index (χ1v) is 6.80. The van der Waals surface area contributed by atoms with E-state index in [-0.39, 0.29) is 0 Å². The van der Waals surface area contributed by atoms with Crippen molar-refractivity contribution in [2.24, 2.45) is 0 Å². The third-order valence-corrected chi connectivity index (χ3v) is 3.05. The Labute approximate surface area is 114 Å². The second-order valence-electron chi connectivity index (χ2n) is 4.65. The van der Waals surface area contributed by atoms with Crippen LogP contribution in [0.5, 0.6) is 11.5 Å². The van der Waals surface area contributed by atoms with Crippen LogP contribution >= 0.6 is 0 Å². The Bertz CT molecular complexity index is 494. The van der Waals surface area contributed by atoms with Crippen LogP contribution in [0.15, 0.2) is 54.6 Å². The molecule has 19 heavy (non-hydrogen) atoms. The van der Waals surface area contributed by atoms with E-state index in [2.05, 4.69) is 6.92 Å². The molecule has 1 atom stereocenters. The van der Waals surface area contributed by atoms with E-state index in [0.29, 0.717) is 0 Å². The molecule has 0 saturated heterocycles. The molecule has 2 aromatic carbocycles. The minimum atomic E-state index is -0.403. The third kappa shape index (κ3) is 4.11. The molecular formula is C17H20O2. The van der Waals surface area contributed by atoms with Crippen LogP contribution in [0.3, 0.4) is 0 Å². The van der Waals surface area contributed by atoms with Crippen molar-refractivity contribution in [2.75, 3.05) is 0 Å². The highest BCUT2D eigenvalue weighted by molar-refractivity contribution is 5.34. The number of rotatable bonds is 6. The predicted molar refractivity (Wildman–Crippen MR) is 77.4 cm³/mol. The number of ether oxygens (including phenoxy) is 1. The second-order valence-corrected chi connectivity index (χ2v) is 4.65. The van der Waals surface area contributed by atoms with Crippen molar-refractivity contribution in [3.8, 4) is 11.5 Å². The van der Waals surface area contributed by atoms with Crippen LogP contribution in [0.1, 0.15) is 37.9 Å². The van der Waals surface area contributed by atoms with Gasteiger partial charge in [0.05, 0.1) is 6.10 Å². The van der Waals surface area contributed by atoms with E-state index in [9.17, 15) is 5.11 Å². The summed E-state index contributed by atoms with van der Waals surface area (Å²) in [5, 5.41) is 10.1. The summed E-state index contributed by atoms with van der Waals surface area (Å²) in [6.07, 6.45) is 2.52. The monoisotopic (exact) mass is 256 g/mol. The molecule has 0 saturated carbocycles. The second kappa shape index (κ2) is 6.95. The van der Waals surface area contributed by atoms with Gasteiger partial charge in [0.25, 0.3) is 0 Å². The van der Waals surface area contributed by atoms with Crippen LogP contribution in [0.4, 0.5) is 0 Å². The highest BCUT2D eigenvalue weighted by Gasteiger charge is 2.08. The van der Waals surface area contributed by atoms with E-state index in [0.717, 1.165) is 36.3 Å². The number of aliphatic hydroxyl groups excluding tert-OH is 1. The van der Waals surface area contributed by atoms with Gasteiger partial charge in [-0.3, -0.25) is 0 Å². The van der Waals surface area contributed by atoms with Crippen molar-refractivity contribution >= 4 is 0 Å². The molecule has 0 aliphatic rings. The lowest BCUT2D eigenvalue weighted by molar-refractivity contribution is 0.164. The maximum Gasteiger partial charge on any atom is 0.127 e. The molecule has 0 aromatic heterocycles. The van der Waals surface area contributed by atoms with Crippen LogP contribution in [0, 0.1) is 0 Å². The first-order chi connectivity index (χ1) is 9.29. The average Bonchev–Trinajstić information content (AvgIpc) is 2.46. The Hall–Kier alpha value is -1.80. The van der Waals surface area contributed by atoms with E-state index < -0.39 is 6.10 Å². The molecule has 0 aliphatic heterocycles. The molecule has 0 aliphatic carbocycles. The van der Waals surface area contributed by atoms with E-state index in [1.54, 1.807) is 0 Å². The fraction of sp³-hybridized carbons (Fsp3) is 0.294. The molecule has 2 nitrogen and oxygen atoms in total. The first kappa shape index (κ1) is 13.6. The summed E-state index contributed by atoms with van der Waals surface area (Å²) >= 11 is 0. The quantitative estimate of drug-likeness (QED) is 0.811. The largest absolute Gasteiger partial charge is 0.457 e. The summed E-state index contributed by atoms with van der Waals surface area (Å²) in [6, 6.07) is 17.3. The smallest absolute Gasteiger partial charge is 0.127 e. The number of benzene rings is 2. The molecule has 2 rings (SSSR count). The zero-order chi connectivity index (χ0) is 13.5. The summed E-state index contributed by atoms with van der Waals surface area (Å²) in [6.45, 7) is 2.13. The molecule has 100 valence electrons. The Kier molecular flexibility index (Phi) is 4.99. The normalized spacial score (nSPS) is 12.1. The SMILES string of the molecule is CCCCC(O)c1cccc(Oc2ccccc2)c1. The molecule has 1 unspecified atom stereocenters. The minimum absolute atomic E-state index is 0.403. The van der Waals surface area contributed by atoms with E-state index in [4.69, 9.17) is 4.74 Å². The van der Waals surface area contributed by atoms with Crippen LogP contribution in [-0.2, 0) is 0 Å². The number of unbranched alkanes of at least 4 members (excludes halogenated alkanes) is 1. The van der Waals surface area contributed by atoms with Crippen LogP contribution in [-0.4, -0.2) is 5.11 Å². The molecule has 2 heteroatoms. The summed E-state index contributed by atoms with van der Waals surface area (Å²) in [4.78, 5) is 0. The summed E-state index contributed by atoms with van der Waals surface area (Å²) in [5.74, 6) is 1.57. The lowest BCUT2D eigenvalue weighted by Gasteiger charge is -2.12. The topological polar surface area (TPSA) is 29.5 Å². The predicted octanol–water partition coefficient (Wildman–Crippen LogP) is 4.70. The van der Waals surface area contributed by atoms with Gasteiger partial charge >= 0.3 is 0 Å². The lowest BCUT2D eigenvalue weighted by atomic mass is 10.0. The van der Waals surface area contributed by atoms with Gasteiger partial charge in [-0.05, 0) is 36.2 Å². The van der Waals surface area contributed by atoms with Crippen LogP contribution in [0.25, 0.3) is 0 Å². The molecule has 0 amide bonds. The Balaban J connectivity index is 2.06. The molecule has 0 spiro atoms. The van der Waals surface area contributed by atoms with Gasteiger partial charge in [-0.2, -0.15) is 0 Å². The number of hydrogen-bond acceptors (Lipinski definition) is 2. The van der Waals surface area contributed by atoms with Crippen molar-refractivity contribution < 1.29 is 9.84 Å². The maximum absolute atomic E-state index is 10.1. The first-order valence-electron chi connectivity index (χ1n) is 6.80. The highest BCUT2D eigenvalue weighted by atomic mass is 16.5. The Morgan fingerprint density at radius 2 is 1.74 bits per heavy atom. The minimum Gasteiger partial charge on any atom is -0.457 e. The highest BCUT2D eigenvalue weighted by Crippen LogP contribution is 2.26. The summed E-state index contributed by atoms with van der Waals surface area (Å²) in [7, 11) is 0. The molecule has 2 aromatic rings. The van der Waals surface area contributed by atoms with Gasteiger partial charge in [-0.25, -0.2) is 0 Å². The van der Waals surface area contributed by atoms with Crippen molar-refractivity contribution in [1.82, 2.24) is 0 Å². The maximum atomic E-state index is 10.1. The van der Waals surface area contributed by atoms with Gasteiger partial charge in [0.1, 0.15) is 11.5 Å². The number of aliphatic hydroxyl groups is 1. The zero-order valence-electron chi connectivity index (χ0n) is 11.3. The van der Waals surface area contributed by atoms with Gasteiger partial charge < -0.3 is 9.84 Å². The van der Waals surface area contributed by atoms with E-state index >= 15 is 0 Å².